The van der Waals surface area contributed by atoms with E-state index in [-0.39, 0.29) is 0 Å². The van der Waals surface area contributed by atoms with Crippen LogP contribution < -0.4 is 10.1 Å². The van der Waals surface area contributed by atoms with Crippen LogP contribution in [0.25, 0.3) is 0 Å². The Bertz CT molecular complexity index is 371. The first kappa shape index (κ1) is 14.4. The van der Waals surface area contributed by atoms with Crippen LogP contribution in [0.3, 0.4) is 0 Å². The molecule has 0 radical (unpaired) electrons. The van der Waals surface area contributed by atoms with Gasteiger partial charge in [0.15, 0.2) is 0 Å². The highest BCUT2D eigenvalue weighted by Crippen LogP contribution is 2.24. The van der Waals surface area contributed by atoms with Crippen molar-refractivity contribution < 1.29 is 4.74 Å². The molecule has 0 spiro atoms. The number of nitrogens with one attached hydrogen (secondary N) is 1. The van der Waals surface area contributed by atoms with Gasteiger partial charge < -0.3 is 10.1 Å². The van der Waals surface area contributed by atoms with E-state index in [0.717, 1.165) is 12.1 Å². The molecule has 0 atom stereocenters. The maximum atomic E-state index is 5.87. The summed E-state index contributed by atoms with van der Waals surface area (Å²) in [7, 11) is 0. The van der Waals surface area contributed by atoms with Crippen LogP contribution in [0, 0.1) is 0 Å². The average Bonchev–Trinajstić information content (AvgIpc) is 2.22. The molecule has 1 N–H and O–H groups in total. The molecule has 0 aliphatic heterocycles. The van der Waals surface area contributed by atoms with E-state index in [0.29, 0.717) is 28.4 Å². The van der Waals surface area contributed by atoms with Crippen LogP contribution in [0.5, 0.6) is 5.75 Å². The molecule has 0 unspecified atom stereocenters. The second-order valence-electron chi connectivity index (χ2n) is 4.18. The Hall–Kier alpha value is -0.700. The Morgan fingerprint density at radius 2 is 1.88 bits per heavy atom. The van der Waals surface area contributed by atoms with Crippen molar-refractivity contribution in [1.29, 1.82) is 0 Å². The molecule has 0 bridgehead atoms. The first-order valence-electron chi connectivity index (χ1n) is 5.46. The number of benzene rings is 1. The Kier molecular flexibility index (Phi) is 5.83. The number of ether oxygens (including phenoxy) is 1. The fraction of sp³-hybridized carbons (Fsp3) is 0.385. The van der Waals surface area contributed by atoms with Crippen LogP contribution in [-0.2, 0) is 0 Å². The Morgan fingerprint density at radius 1 is 1.29 bits per heavy atom. The maximum Gasteiger partial charge on any atom is 0.122 e. The van der Waals surface area contributed by atoms with Gasteiger partial charge >= 0.3 is 0 Å². The molecule has 0 saturated heterocycles. The fourth-order valence-electron chi connectivity index (χ4n) is 1.20. The summed E-state index contributed by atoms with van der Waals surface area (Å²) in [5.41, 5.74) is 0.981. The van der Waals surface area contributed by atoms with Crippen molar-refractivity contribution in [3.63, 3.8) is 0 Å². The molecule has 0 amide bonds. The molecular formula is C13H17Cl2NO. The smallest absolute Gasteiger partial charge is 0.122 e. The monoisotopic (exact) mass is 273 g/mol. The number of halogens is 2. The predicted molar refractivity (Wildman–Crippen MR) is 74.2 cm³/mol. The zero-order valence-electron chi connectivity index (χ0n) is 10.1. The van der Waals surface area contributed by atoms with Crippen LogP contribution in [0.2, 0.25) is 10.0 Å². The minimum Gasteiger partial charge on any atom is -0.489 e. The van der Waals surface area contributed by atoms with Crippen LogP contribution in [-0.4, -0.2) is 19.2 Å². The third kappa shape index (κ3) is 5.97. The molecule has 1 aromatic carbocycles. The molecular weight excluding hydrogens is 257 g/mol. The quantitative estimate of drug-likeness (QED) is 0.794. The van der Waals surface area contributed by atoms with E-state index in [9.17, 15) is 0 Å². The molecule has 0 aliphatic carbocycles. The summed E-state index contributed by atoms with van der Waals surface area (Å²) in [4.78, 5) is 0. The van der Waals surface area contributed by atoms with Gasteiger partial charge in [-0.05, 0) is 23.8 Å². The van der Waals surface area contributed by atoms with E-state index in [4.69, 9.17) is 27.9 Å². The van der Waals surface area contributed by atoms with E-state index < -0.39 is 0 Å². The highest BCUT2D eigenvalue weighted by atomic mass is 35.5. The van der Waals surface area contributed by atoms with Crippen LogP contribution in [0.4, 0.5) is 0 Å². The van der Waals surface area contributed by atoms with Gasteiger partial charge in [0.2, 0.25) is 0 Å². The molecule has 1 rings (SSSR count). The van der Waals surface area contributed by atoms with Crippen LogP contribution in [0.1, 0.15) is 13.8 Å². The molecule has 0 heterocycles. The minimum absolute atomic E-state index is 0.437. The molecule has 0 aromatic heterocycles. The van der Waals surface area contributed by atoms with E-state index in [1.165, 1.54) is 0 Å². The predicted octanol–water partition coefficient (Wildman–Crippen LogP) is 3.93. The first-order valence-corrected chi connectivity index (χ1v) is 6.22. The minimum atomic E-state index is 0.437. The lowest BCUT2D eigenvalue weighted by atomic mass is 10.3. The van der Waals surface area contributed by atoms with Crippen molar-refractivity contribution in [2.75, 3.05) is 13.2 Å². The maximum absolute atomic E-state index is 5.87. The Balaban J connectivity index is 2.42. The molecule has 0 aliphatic rings. The van der Waals surface area contributed by atoms with Crippen molar-refractivity contribution in [1.82, 2.24) is 5.32 Å². The van der Waals surface area contributed by atoms with E-state index >= 15 is 0 Å². The second kappa shape index (κ2) is 6.90. The largest absolute Gasteiger partial charge is 0.489 e. The lowest BCUT2D eigenvalue weighted by Gasteiger charge is -2.12. The third-order valence-electron chi connectivity index (χ3n) is 2.04. The van der Waals surface area contributed by atoms with Crippen molar-refractivity contribution >= 4 is 23.2 Å². The van der Waals surface area contributed by atoms with Gasteiger partial charge in [0.25, 0.3) is 0 Å². The van der Waals surface area contributed by atoms with Gasteiger partial charge in [-0.3, -0.25) is 0 Å². The summed E-state index contributed by atoms with van der Waals surface area (Å²) < 4.78 is 5.55. The molecule has 17 heavy (non-hydrogen) atoms. The zero-order valence-corrected chi connectivity index (χ0v) is 11.6. The topological polar surface area (TPSA) is 21.3 Å². The SMILES string of the molecule is C=C(CNC(C)C)COc1cc(Cl)cc(Cl)c1. The van der Waals surface area contributed by atoms with Gasteiger partial charge in [0.1, 0.15) is 12.4 Å². The highest BCUT2D eigenvalue weighted by Gasteiger charge is 2.01. The van der Waals surface area contributed by atoms with Gasteiger partial charge in [-0.2, -0.15) is 0 Å². The standard InChI is InChI=1S/C13H17Cl2NO/c1-9(2)16-7-10(3)8-17-13-5-11(14)4-12(15)6-13/h4-6,9,16H,3,7-8H2,1-2H3. The summed E-state index contributed by atoms with van der Waals surface area (Å²) in [6, 6.07) is 5.57. The van der Waals surface area contributed by atoms with Gasteiger partial charge in [-0.15, -0.1) is 0 Å². The lowest BCUT2D eigenvalue weighted by molar-refractivity contribution is 0.347. The van der Waals surface area contributed by atoms with Gasteiger partial charge in [0.05, 0.1) is 0 Å². The van der Waals surface area contributed by atoms with Crippen LogP contribution in [0.15, 0.2) is 30.4 Å². The highest BCUT2D eigenvalue weighted by molar-refractivity contribution is 6.34. The third-order valence-corrected chi connectivity index (χ3v) is 2.48. The molecule has 94 valence electrons. The van der Waals surface area contributed by atoms with Gasteiger partial charge in [-0.25, -0.2) is 0 Å². The fourth-order valence-corrected chi connectivity index (χ4v) is 1.70. The van der Waals surface area contributed by atoms with Crippen molar-refractivity contribution in [3.05, 3.63) is 40.4 Å². The van der Waals surface area contributed by atoms with Crippen molar-refractivity contribution in [2.24, 2.45) is 0 Å². The molecule has 0 fully saturated rings. The van der Waals surface area contributed by atoms with Crippen LogP contribution >= 0.6 is 23.2 Å². The number of hydrogen-bond acceptors (Lipinski definition) is 2. The molecule has 4 heteroatoms. The van der Waals surface area contributed by atoms with E-state index in [2.05, 4.69) is 25.7 Å². The summed E-state index contributed by atoms with van der Waals surface area (Å²) in [5.74, 6) is 0.660. The van der Waals surface area contributed by atoms with Crippen molar-refractivity contribution in [2.45, 2.75) is 19.9 Å². The van der Waals surface area contributed by atoms with Gasteiger partial charge in [-0.1, -0.05) is 43.6 Å². The summed E-state index contributed by atoms with van der Waals surface area (Å²) in [5, 5.41) is 4.41. The zero-order chi connectivity index (χ0) is 12.8. The number of rotatable bonds is 6. The normalized spacial score (nSPS) is 10.6. The summed E-state index contributed by atoms with van der Waals surface area (Å²) >= 11 is 11.7. The Morgan fingerprint density at radius 3 is 2.41 bits per heavy atom. The molecule has 2 nitrogen and oxygen atoms in total. The van der Waals surface area contributed by atoms with Gasteiger partial charge in [0, 0.05) is 22.6 Å². The second-order valence-corrected chi connectivity index (χ2v) is 5.05. The Labute approximate surface area is 113 Å². The van der Waals surface area contributed by atoms with E-state index in [1.807, 2.05) is 0 Å². The lowest BCUT2D eigenvalue weighted by Crippen LogP contribution is -2.26. The van der Waals surface area contributed by atoms with E-state index in [1.54, 1.807) is 18.2 Å². The first-order chi connectivity index (χ1) is 7.97. The van der Waals surface area contributed by atoms with Crippen molar-refractivity contribution in [3.8, 4) is 5.75 Å². The average molecular weight is 274 g/mol. The summed E-state index contributed by atoms with van der Waals surface area (Å²) in [6.45, 7) is 9.31. The molecule has 0 saturated carbocycles. The molecule has 1 aromatic rings. The summed E-state index contributed by atoms with van der Waals surface area (Å²) in [6.07, 6.45) is 0. The number of hydrogen-bond donors (Lipinski definition) is 1.